The fraction of sp³-hybridized carbons (Fsp3) is 0.154. The zero-order valence-corrected chi connectivity index (χ0v) is 10.7. The molecule has 0 aliphatic carbocycles. The minimum atomic E-state index is -0.338. The lowest BCUT2D eigenvalue weighted by molar-refractivity contribution is 0.0537. The Kier molecular flexibility index (Phi) is 4.04. The highest BCUT2D eigenvalue weighted by molar-refractivity contribution is 5.93. The third-order valence-electron chi connectivity index (χ3n) is 2.39. The lowest BCUT2D eigenvalue weighted by Crippen LogP contribution is -2.21. The summed E-state index contributed by atoms with van der Waals surface area (Å²) in [4.78, 5) is 24.3. The summed E-state index contributed by atoms with van der Waals surface area (Å²) in [5.74, 6) is 0.979. The number of hydrogen-bond acceptors (Lipinski definition) is 5. The summed E-state index contributed by atoms with van der Waals surface area (Å²) in [5.41, 5.74) is 3.73. The molecule has 0 aliphatic rings. The van der Waals surface area contributed by atoms with Gasteiger partial charge in [-0.15, -0.1) is 0 Å². The van der Waals surface area contributed by atoms with Gasteiger partial charge < -0.3 is 5.32 Å². The highest BCUT2D eigenvalue weighted by Crippen LogP contribution is 2.12. The summed E-state index contributed by atoms with van der Waals surface area (Å²) in [5, 5.41) is 3.04. The highest BCUT2D eigenvalue weighted by Gasteiger charge is 2.05. The van der Waals surface area contributed by atoms with E-state index in [0.717, 1.165) is 5.56 Å². The minimum absolute atomic E-state index is 0.338. The van der Waals surface area contributed by atoms with Crippen LogP contribution in [0.4, 0.5) is 11.6 Å². The molecule has 6 nitrogen and oxygen atoms in total. The number of nitrogens with zero attached hydrogens (tertiary/aromatic N) is 2. The predicted molar refractivity (Wildman–Crippen MR) is 71.0 cm³/mol. The number of nitrogens with one attached hydrogen (secondary N) is 2. The zero-order chi connectivity index (χ0) is 13.7. The molecular formula is C13H14N4O2. The lowest BCUT2D eigenvalue weighted by Gasteiger charge is -2.06. The third-order valence-corrected chi connectivity index (χ3v) is 2.39. The Bertz CT molecular complexity index is 552. The van der Waals surface area contributed by atoms with E-state index in [1.54, 1.807) is 18.3 Å². The number of rotatable bonds is 4. The Morgan fingerprint density at radius 2 is 1.79 bits per heavy atom. The van der Waals surface area contributed by atoms with Gasteiger partial charge in [0.15, 0.2) is 0 Å². The van der Waals surface area contributed by atoms with Gasteiger partial charge in [-0.1, -0.05) is 6.07 Å². The summed E-state index contributed by atoms with van der Waals surface area (Å²) in [6.07, 6.45) is 3.23. The first kappa shape index (κ1) is 13.0. The van der Waals surface area contributed by atoms with Crippen molar-refractivity contribution >= 4 is 17.5 Å². The number of carbonyl (C=O) groups is 1. The second-order valence-corrected chi connectivity index (χ2v) is 3.91. The summed E-state index contributed by atoms with van der Waals surface area (Å²) < 4.78 is 0. The van der Waals surface area contributed by atoms with Crippen molar-refractivity contribution < 1.29 is 9.63 Å². The van der Waals surface area contributed by atoms with Crippen LogP contribution in [0.15, 0.2) is 36.7 Å². The summed E-state index contributed by atoms with van der Waals surface area (Å²) in [7, 11) is 1.38. The Morgan fingerprint density at radius 1 is 1.11 bits per heavy atom. The fourth-order valence-electron chi connectivity index (χ4n) is 1.43. The molecule has 2 N–H and O–H groups in total. The average molecular weight is 258 g/mol. The van der Waals surface area contributed by atoms with Crippen LogP contribution in [0, 0.1) is 6.92 Å². The van der Waals surface area contributed by atoms with Crippen LogP contribution >= 0.6 is 0 Å². The molecule has 0 saturated carbocycles. The second kappa shape index (κ2) is 5.92. The molecule has 2 heterocycles. The first-order valence-electron chi connectivity index (χ1n) is 5.68. The van der Waals surface area contributed by atoms with Crippen LogP contribution in [0.1, 0.15) is 15.9 Å². The van der Waals surface area contributed by atoms with Crippen molar-refractivity contribution in [3.63, 3.8) is 0 Å². The fourth-order valence-corrected chi connectivity index (χ4v) is 1.43. The molecule has 0 atom stereocenters. The van der Waals surface area contributed by atoms with Crippen LogP contribution in [0.5, 0.6) is 0 Å². The van der Waals surface area contributed by atoms with E-state index in [-0.39, 0.29) is 5.91 Å². The van der Waals surface area contributed by atoms with E-state index in [2.05, 4.69) is 25.6 Å². The minimum Gasteiger partial charge on any atom is -0.325 e. The number of aryl methyl sites for hydroxylation is 1. The van der Waals surface area contributed by atoms with Crippen molar-refractivity contribution in [3.8, 4) is 0 Å². The molecule has 2 rings (SSSR count). The van der Waals surface area contributed by atoms with Crippen molar-refractivity contribution in [3.05, 3.63) is 47.8 Å². The van der Waals surface area contributed by atoms with Crippen LogP contribution in [0.25, 0.3) is 0 Å². The molecule has 19 heavy (non-hydrogen) atoms. The van der Waals surface area contributed by atoms with Gasteiger partial charge in [0.1, 0.15) is 11.6 Å². The van der Waals surface area contributed by atoms with E-state index in [4.69, 9.17) is 0 Å². The molecule has 2 aromatic heterocycles. The molecule has 0 fully saturated rings. The first-order valence-corrected chi connectivity index (χ1v) is 5.68. The smallest absolute Gasteiger partial charge is 0.276 e. The number of amides is 1. The topological polar surface area (TPSA) is 76.1 Å². The maximum Gasteiger partial charge on any atom is 0.276 e. The van der Waals surface area contributed by atoms with Crippen molar-refractivity contribution in [1.82, 2.24) is 15.4 Å². The van der Waals surface area contributed by atoms with E-state index < -0.39 is 0 Å². The van der Waals surface area contributed by atoms with Crippen molar-refractivity contribution in [2.45, 2.75) is 6.92 Å². The maximum absolute atomic E-state index is 11.4. The van der Waals surface area contributed by atoms with Gasteiger partial charge in [-0.25, -0.2) is 15.4 Å². The van der Waals surface area contributed by atoms with Crippen molar-refractivity contribution in [2.75, 3.05) is 12.4 Å². The highest BCUT2D eigenvalue weighted by atomic mass is 16.6. The zero-order valence-electron chi connectivity index (χ0n) is 10.7. The van der Waals surface area contributed by atoms with E-state index >= 15 is 0 Å². The molecule has 0 aromatic carbocycles. The van der Waals surface area contributed by atoms with Gasteiger partial charge in [0.2, 0.25) is 0 Å². The van der Waals surface area contributed by atoms with Gasteiger partial charge in [-0.2, -0.15) is 0 Å². The SMILES string of the molecule is CONC(=O)c1ccc(Nc2ccc(C)cn2)nc1. The average Bonchev–Trinajstić information content (AvgIpc) is 2.42. The molecule has 0 radical (unpaired) electrons. The molecule has 0 aliphatic heterocycles. The number of aromatic nitrogens is 2. The van der Waals surface area contributed by atoms with Crippen LogP contribution in [0.2, 0.25) is 0 Å². The van der Waals surface area contributed by atoms with E-state index in [9.17, 15) is 4.79 Å². The normalized spacial score (nSPS) is 10.0. The van der Waals surface area contributed by atoms with E-state index in [1.165, 1.54) is 13.3 Å². The predicted octanol–water partition coefficient (Wildman–Crippen LogP) is 1.82. The Morgan fingerprint density at radius 3 is 2.32 bits per heavy atom. The Balaban J connectivity index is 2.06. The molecular weight excluding hydrogens is 244 g/mol. The quantitative estimate of drug-likeness (QED) is 0.818. The molecule has 0 unspecified atom stereocenters. The first-order chi connectivity index (χ1) is 9.19. The summed E-state index contributed by atoms with van der Waals surface area (Å²) in [6, 6.07) is 7.17. The summed E-state index contributed by atoms with van der Waals surface area (Å²) >= 11 is 0. The largest absolute Gasteiger partial charge is 0.325 e. The van der Waals surface area contributed by atoms with Crippen LogP contribution < -0.4 is 10.8 Å². The number of carbonyl (C=O) groups excluding carboxylic acids is 1. The van der Waals surface area contributed by atoms with Crippen molar-refractivity contribution in [2.24, 2.45) is 0 Å². The van der Waals surface area contributed by atoms with Crippen LogP contribution in [-0.4, -0.2) is 23.0 Å². The molecule has 0 spiro atoms. The molecule has 0 bridgehead atoms. The Hall–Kier alpha value is -2.47. The van der Waals surface area contributed by atoms with Gasteiger partial charge in [-0.05, 0) is 30.7 Å². The third kappa shape index (κ3) is 3.49. The molecule has 0 saturated heterocycles. The second-order valence-electron chi connectivity index (χ2n) is 3.91. The maximum atomic E-state index is 11.4. The van der Waals surface area contributed by atoms with Gasteiger partial charge >= 0.3 is 0 Å². The molecule has 1 amide bonds. The molecule has 6 heteroatoms. The van der Waals surface area contributed by atoms with Crippen LogP contribution in [0.3, 0.4) is 0 Å². The monoisotopic (exact) mass is 258 g/mol. The standard InChI is InChI=1S/C13H14N4O2/c1-9-3-5-11(14-7-9)16-12-6-4-10(8-15-12)13(18)17-19-2/h3-8H,1-2H3,(H,17,18)(H,14,15,16). The summed E-state index contributed by atoms with van der Waals surface area (Å²) in [6.45, 7) is 1.97. The van der Waals surface area contributed by atoms with E-state index in [0.29, 0.717) is 17.2 Å². The lowest BCUT2D eigenvalue weighted by atomic mass is 10.2. The Labute approximate surface area is 110 Å². The van der Waals surface area contributed by atoms with Gasteiger partial charge in [0, 0.05) is 12.4 Å². The number of anilines is 2. The van der Waals surface area contributed by atoms with Gasteiger partial charge in [0.25, 0.3) is 5.91 Å². The number of hydroxylamine groups is 1. The van der Waals surface area contributed by atoms with Crippen LogP contribution in [-0.2, 0) is 4.84 Å². The van der Waals surface area contributed by atoms with Gasteiger partial charge in [0.05, 0.1) is 12.7 Å². The van der Waals surface area contributed by atoms with Gasteiger partial charge in [-0.3, -0.25) is 9.63 Å². The van der Waals surface area contributed by atoms with E-state index in [1.807, 2.05) is 19.1 Å². The van der Waals surface area contributed by atoms with Crippen molar-refractivity contribution in [1.29, 1.82) is 0 Å². The number of hydrogen-bond donors (Lipinski definition) is 2. The molecule has 98 valence electrons. The molecule has 2 aromatic rings. The number of pyridine rings is 2.